The van der Waals surface area contributed by atoms with Crippen LogP contribution in [0.4, 0.5) is 0 Å². The van der Waals surface area contributed by atoms with E-state index < -0.39 is 0 Å². The number of ether oxygens (including phenoxy) is 2. The highest BCUT2D eigenvalue weighted by atomic mass is 35.5. The Labute approximate surface area is 201 Å². The van der Waals surface area contributed by atoms with Gasteiger partial charge in [-0.3, -0.25) is 4.79 Å². The highest BCUT2D eigenvalue weighted by Crippen LogP contribution is 2.25. The van der Waals surface area contributed by atoms with Crippen molar-refractivity contribution in [1.29, 1.82) is 0 Å². The Morgan fingerprint density at radius 1 is 0.938 bits per heavy atom. The molecule has 1 N–H and O–H groups in total. The van der Waals surface area contributed by atoms with Gasteiger partial charge in [0, 0.05) is 10.6 Å². The van der Waals surface area contributed by atoms with Crippen LogP contribution in [0.5, 0.6) is 11.5 Å². The van der Waals surface area contributed by atoms with Crippen molar-refractivity contribution in [1.82, 2.24) is 5.43 Å². The van der Waals surface area contributed by atoms with E-state index >= 15 is 0 Å². The Morgan fingerprint density at radius 2 is 1.69 bits per heavy atom. The highest BCUT2D eigenvalue weighted by Gasteiger charge is 2.07. The number of amides is 1. The second-order valence-corrected chi connectivity index (χ2v) is 8.02. The van der Waals surface area contributed by atoms with Gasteiger partial charge >= 0.3 is 0 Å². The first-order valence-corrected chi connectivity index (χ1v) is 11.0. The van der Waals surface area contributed by atoms with Gasteiger partial charge < -0.3 is 9.47 Å². The minimum atomic E-state index is -0.245. The molecule has 32 heavy (non-hydrogen) atoms. The summed E-state index contributed by atoms with van der Waals surface area (Å²) >= 11 is 18.1. The average molecular weight is 492 g/mol. The third-order valence-corrected chi connectivity index (χ3v) is 5.32. The second-order valence-electron chi connectivity index (χ2n) is 6.77. The monoisotopic (exact) mass is 490 g/mol. The summed E-state index contributed by atoms with van der Waals surface area (Å²) < 4.78 is 11.3. The van der Waals surface area contributed by atoms with E-state index in [1.54, 1.807) is 30.3 Å². The van der Waals surface area contributed by atoms with Crippen LogP contribution in [-0.2, 0) is 17.8 Å². The van der Waals surface area contributed by atoms with E-state index in [2.05, 4.69) is 10.5 Å². The first kappa shape index (κ1) is 23.9. The molecule has 1 amide bonds. The predicted octanol–water partition coefficient (Wildman–Crippen LogP) is 6.32. The molecule has 0 aromatic heterocycles. The summed E-state index contributed by atoms with van der Waals surface area (Å²) in [5, 5.41) is 5.50. The molecular weight excluding hydrogens is 471 g/mol. The van der Waals surface area contributed by atoms with Gasteiger partial charge in [-0.1, -0.05) is 53.0 Å². The molecule has 0 bridgehead atoms. The van der Waals surface area contributed by atoms with Gasteiger partial charge in [-0.2, -0.15) is 5.10 Å². The minimum absolute atomic E-state index is 0.194. The van der Waals surface area contributed by atoms with Crippen molar-refractivity contribution in [3.8, 4) is 11.5 Å². The van der Waals surface area contributed by atoms with Crippen LogP contribution in [0.1, 0.15) is 23.6 Å². The molecule has 0 unspecified atom stereocenters. The molecule has 0 heterocycles. The van der Waals surface area contributed by atoms with Crippen molar-refractivity contribution in [2.24, 2.45) is 5.10 Å². The lowest BCUT2D eigenvalue weighted by atomic mass is 10.1. The Bertz CT molecular complexity index is 1100. The molecule has 0 spiro atoms. The normalized spacial score (nSPS) is 10.9. The van der Waals surface area contributed by atoms with Crippen molar-refractivity contribution in [3.63, 3.8) is 0 Å². The molecule has 0 radical (unpaired) electrons. The highest BCUT2D eigenvalue weighted by molar-refractivity contribution is 6.42. The van der Waals surface area contributed by atoms with Crippen LogP contribution in [0.15, 0.2) is 65.8 Å². The maximum Gasteiger partial charge on any atom is 0.244 e. The first-order valence-electron chi connectivity index (χ1n) is 9.84. The molecule has 5 nitrogen and oxygen atoms in total. The lowest BCUT2D eigenvalue weighted by Crippen LogP contribution is -2.19. The Hall–Kier alpha value is -2.73. The summed E-state index contributed by atoms with van der Waals surface area (Å²) in [6, 6.07) is 17.8. The number of hydrogen-bond donors (Lipinski definition) is 1. The van der Waals surface area contributed by atoms with Crippen LogP contribution in [0.2, 0.25) is 15.1 Å². The van der Waals surface area contributed by atoms with Crippen LogP contribution in [-0.4, -0.2) is 18.7 Å². The van der Waals surface area contributed by atoms with E-state index in [9.17, 15) is 4.79 Å². The third kappa shape index (κ3) is 7.16. The topological polar surface area (TPSA) is 59.9 Å². The molecule has 0 fully saturated rings. The molecule has 0 saturated carbocycles. The van der Waals surface area contributed by atoms with Gasteiger partial charge in [0.25, 0.3) is 0 Å². The lowest BCUT2D eigenvalue weighted by molar-refractivity contribution is -0.120. The maximum atomic E-state index is 12.2. The van der Waals surface area contributed by atoms with Crippen molar-refractivity contribution in [2.75, 3.05) is 6.61 Å². The standard InChI is InChI=1S/C24H21Cl3N2O3/c1-2-31-20-7-3-16(4-8-20)12-24(30)29-28-14-18-13-19(25)6-10-23(18)32-15-17-5-9-21(26)22(27)11-17/h3-11,13-14H,2,12,15H2,1H3,(H,29,30)/b28-14-. The predicted molar refractivity (Wildman–Crippen MR) is 129 cm³/mol. The van der Waals surface area contributed by atoms with E-state index in [1.165, 1.54) is 6.21 Å². The average Bonchev–Trinajstić information content (AvgIpc) is 2.77. The summed E-state index contributed by atoms with van der Waals surface area (Å²) in [5.74, 6) is 1.08. The summed E-state index contributed by atoms with van der Waals surface area (Å²) in [6.07, 6.45) is 1.69. The number of nitrogens with zero attached hydrogens (tertiary/aromatic N) is 1. The fourth-order valence-corrected chi connectivity index (χ4v) is 3.31. The zero-order valence-corrected chi connectivity index (χ0v) is 19.5. The summed E-state index contributed by atoms with van der Waals surface area (Å²) in [5.41, 5.74) is 4.86. The van der Waals surface area contributed by atoms with Crippen LogP contribution >= 0.6 is 34.8 Å². The van der Waals surface area contributed by atoms with E-state index in [1.807, 2.05) is 37.3 Å². The molecule has 0 saturated heterocycles. The molecule has 0 aliphatic carbocycles. The zero-order chi connectivity index (χ0) is 22.9. The minimum Gasteiger partial charge on any atom is -0.494 e. The van der Waals surface area contributed by atoms with Gasteiger partial charge in [0.1, 0.15) is 18.1 Å². The number of hydrazone groups is 1. The van der Waals surface area contributed by atoms with Gasteiger partial charge in [-0.05, 0) is 60.5 Å². The largest absolute Gasteiger partial charge is 0.494 e. The number of nitrogens with one attached hydrogen (secondary N) is 1. The number of halogens is 3. The van der Waals surface area contributed by atoms with E-state index in [0.717, 1.165) is 16.9 Å². The molecule has 8 heteroatoms. The van der Waals surface area contributed by atoms with E-state index in [4.69, 9.17) is 44.3 Å². The van der Waals surface area contributed by atoms with Gasteiger partial charge in [0.05, 0.1) is 29.3 Å². The lowest BCUT2D eigenvalue weighted by Gasteiger charge is -2.10. The number of carbonyl (C=O) groups excluding carboxylic acids is 1. The van der Waals surface area contributed by atoms with Crippen molar-refractivity contribution >= 4 is 46.9 Å². The van der Waals surface area contributed by atoms with E-state index in [-0.39, 0.29) is 18.9 Å². The van der Waals surface area contributed by atoms with Crippen LogP contribution in [0, 0.1) is 0 Å². The van der Waals surface area contributed by atoms with Crippen molar-refractivity contribution in [3.05, 3.63) is 92.4 Å². The molecule has 3 aromatic rings. The number of carbonyl (C=O) groups is 1. The Morgan fingerprint density at radius 3 is 2.41 bits per heavy atom. The maximum absolute atomic E-state index is 12.2. The molecule has 3 aromatic carbocycles. The van der Waals surface area contributed by atoms with Crippen LogP contribution in [0.25, 0.3) is 0 Å². The fraction of sp³-hybridized carbons (Fsp3) is 0.167. The molecule has 0 atom stereocenters. The van der Waals surface area contributed by atoms with Crippen LogP contribution in [0.3, 0.4) is 0 Å². The van der Waals surface area contributed by atoms with E-state index in [0.29, 0.717) is 33.0 Å². The molecular formula is C24H21Cl3N2O3. The Kier molecular flexibility index (Phi) is 8.80. The SMILES string of the molecule is CCOc1ccc(CC(=O)N/N=C\c2cc(Cl)ccc2OCc2ccc(Cl)c(Cl)c2)cc1. The first-order chi connectivity index (χ1) is 15.4. The molecule has 3 rings (SSSR count). The number of benzene rings is 3. The van der Waals surface area contributed by atoms with Gasteiger partial charge in [-0.15, -0.1) is 0 Å². The summed E-state index contributed by atoms with van der Waals surface area (Å²) in [7, 11) is 0. The molecule has 0 aliphatic heterocycles. The fourth-order valence-electron chi connectivity index (χ4n) is 2.81. The Balaban J connectivity index is 1.60. The zero-order valence-electron chi connectivity index (χ0n) is 17.3. The quantitative estimate of drug-likeness (QED) is 0.281. The third-order valence-electron chi connectivity index (χ3n) is 4.34. The smallest absolute Gasteiger partial charge is 0.244 e. The van der Waals surface area contributed by atoms with Gasteiger partial charge in [0.2, 0.25) is 5.91 Å². The van der Waals surface area contributed by atoms with Gasteiger partial charge in [0.15, 0.2) is 0 Å². The second kappa shape index (κ2) is 11.8. The number of hydrogen-bond acceptors (Lipinski definition) is 4. The number of rotatable bonds is 9. The molecule has 0 aliphatic rings. The van der Waals surface area contributed by atoms with Gasteiger partial charge in [-0.25, -0.2) is 5.43 Å². The van der Waals surface area contributed by atoms with Crippen molar-refractivity contribution < 1.29 is 14.3 Å². The summed E-state index contributed by atoms with van der Waals surface area (Å²) in [6.45, 7) is 2.80. The van der Waals surface area contributed by atoms with Crippen LogP contribution < -0.4 is 14.9 Å². The van der Waals surface area contributed by atoms with Crippen molar-refractivity contribution in [2.45, 2.75) is 20.0 Å². The summed E-state index contributed by atoms with van der Waals surface area (Å²) in [4.78, 5) is 12.2. The molecule has 166 valence electrons.